The molecule has 0 bridgehead atoms. The number of hydrogen-bond acceptors (Lipinski definition) is 3. The zero-order valence-corrected chi connectivity index (χ0v) is 11.0. The SMILES string of the molecule is CCCCCC(=O)OCC1CC2OC2CC1C. The lowest BCUT2D eigenvalue weighted by Crippen LogP contribution is -2.27. The van der Waals surface area contributed by atoms with Gasteiger partial charge in [-0.3, -0.25) is 4.79 Å². The van der Waals surface area contributed by atoms with Gasteiger partial charge >= 0.3 is 5.97 Å². The molecule has 0 aromatic carbocycles. The van der Waals surface area contributed by atoms with Gasteiger partial charge in [0.1, 0.15) is 0 Å². The Balaban J connectivity index is 1.61. The van der Waals surface area contributed by atoms with E-state index in [0.29, 0.717) is 37.1 Å². The second kappa shape index (κ2) is 5.85. The van der Waals surface area contributed by atoms with Crippen LogP contribution < -0.4 is 0 Å². The van der Waals surface area contributed by atoms with Crippen molar-refractivity contribution in [2.45, 2.75) is 64.6 Å². The van der Waals surface area contributed by atoms with E-state index in [1.54, 1.807) is 0 Å². The predicted molar refractivity (Wildman–Crippen MR) is 65.7 cm³/mol. The first kappa shape index (κ1) is 12.9. The molecule has 0 radical (unpaired) electrons. The summed E-state index contributed by atoms with van der Waals surface area (Å²) in [6.07, 6.45) is 7.01. The lowest BCUT2D eigenvalue weighted by molar-refractivity contribution is -0.145. The highest BCUT2D eigenvalue weighted by Crippen LogP contribution is 2.42. The number of ether oxygens (including phenoxy) is 2. The van der Waals surface area contributed by atoms with E-state index < -0.39 is 0 Å². The Kier molecular flexibility index (Phi) is 4.43. The molecule has 1 saturated heterocycles. The van der Waals surface area contributed by atoms with Crippen LogP contribution in [-0.2, 0) is 14.3 Å². The lowest BCUT2D eigenvalue weighted by atomic mass is 9.81. The number of hydrogen-bond donors (Lipinski definition) is 0. The van der Waals surface area contributed by atoms with E-state index in [1.807, 2.05) is 0 Å². The molecule has 0 amide bonds. The number of carbonyl (C=O) groups is 1. The van der Waals surface area contributed by atoms with Gasteiger partial charge < -0.3 is 9.47 Å². The van der Waals surface area contributed by atoms with Crippen LogP contribution in [0, 0.1) is 11.8 Å². The van der Waals surface area contributed by atoms with Crippen molar-refractivity contribution in [3.8, 4) is 0 Å². The quantitative estimate of drug-likeness (QED) is 0.407. The first-order valence-corrected chi connectivity index (χ1v) is 7.01. The summed E-state index contributed by atoms with van der Waals surface area (Å²) in [6.45, 7) is 4.98. The molecule has 0 spiro atoms. The third-order valence-corrected chi connectivity index (χ3v) is 4.07. The standard InChI is InChI=1S/C14H24O3/c1-3-4-5-6-14(15)16-9-11-8-13-12(17-13)7-10(11)2/h10-13H,3-9H2,1-2H3. The first-order chi connectivity index (χ1) is 8.20. The Morgan fingerprint density at radius 2 is 2.06 bits per heavy atom. The summed E-state index contributed by atoms with van der Waals surface area (Å²) < 4.78 is 10.9. The maximum atomic E-state index is 11.5. The summed E-state index contributed by atoms with van der Waals surface area (Å²) in [5.41, 5.74) is 0. The Hall–Kier alpha value is -0.570. The van der Waals surface area contributed by atoms with Crippen LogP contribution in [0.3, 0.4) is 0 Å². The van der Waals surface area contributed by atoms with Crippen molar-refractivity contribution in [2.75, 3.05) is 6.61 Å². The number of fused-ring (bicyclic) bond motifs is 1. The predicted octanol–water partition coefficient (Wildman–Crippen LogP) is 2.92. The summed E-state index contributed by atoms with van der Waals surface area (Å²) in [6, 6.07) is 0. The van der Waals surface area contributed by atoms with E-state index in [4.69, 9.17) is 9.47 Å². The van der Waals surface area contributed by atoms with E-state index in [0.717, 1.165) is 32.1 Å². The highest BCUT2D eigenvalue weighted by molar-refractivity contribution is 5.69. The molecule has 4 unspecified atom stereocenters. The van der Waals surface area contributed by atoms with Gasteiger partial charge in [-0.2, -0.15) is 0 Å². The monoisotopic (exact) mass is 240 g/mol. The number of carbonyl (C=O) groups excluding carboxylic acids is 1. The largest absolute Gasteiger partial charge is 0.465 e. The molecule has 1 saturated carbocycles. The van der Waals surface area contributed by atoms with Gasteiger partial charge in [0.25, 0.3) is 0 Å². The molecule has 3 nitrogen and oxygen atoms in total. The average Bonchev–Trinajstić information content (AvgIpc) is 3.04. The Bertz CT molecular complexity index is 264. The molecule has 3 heteroatoms. The number of esters is 1. The Morgan fingerprint density at radius 1 is 1.29 bits per heavy atom. The molecule has 1 aliphatic heterocycles. The minimum Gasteiger partial charge on any atom is -0.465 e. The van der Waals surface area contributed by atoms with E-state index >= 15 is 0 Å². The topological polar surface area (TPSA) is 38.8 Å². The van der Waals surface area contributed by atoms with Gasteiger partial charge in [0.15, 0.2) is 0 Å². The van der Waals surface area contributed by atoms with Gasteiger partial charge in [0, 0.05) is 6.42 Å². The fraction of sp³-hybridized carbons (Fsp3) is 0.929. The lowest BCUT2D eigenvalue weighted by Gasteiger charge is -2.25. The molecule has 0 aromatic heterocycles. The third kappa shape index (κ3) is 3.70. The van der Waals surface area contributed by atoms with Gasteiger partial charge in [-0.05, 0) is 31.1 Å². The minimum atomic E-state index is -0.0236. The number of epoxide rings is 1. The van der Waals surface area contributed by atoms with Crippen molar-refractivity contribution in [1.82, 2.24) is 0 Å². The fourth-order valence-corrected chi connectivity index (χ4v) is 2.71. The number of unbranched alkanes of at least 4 members (excludes halogenated alkanes) is 2. The zero-order chi connectivity index (χ0) is 12.3. The molecule has 2 fully saturated rings. The van der Waals surface area contributed by atoms with Crippen LogP contribution >= 0.6 is 0 Å². The highest BCUT2D eigenvalue weighted by Gasteiger charge is 2.47. The van der Waals surface area contributed by atoms with Gasteiger partial charge in [-0.25, -0.2) is 0 Å². The van der Waals surface area contributed by atoms with Gasteiger partial charge in [0.05, 0.1) is 18.8 Å². The zero-order valence-electron chi connectivity index (χ0n) is 11.0. The summed E-state index contributed by atoms with van der Waals surface area (Å²) in [7, 11) is 0. The van der Waals surface area contributed by atoms with Crippen LogP contribution in [0.25, 0.3) is 0 Å². The average molecular weight is 240 g/mol. The van der Waals surface area contributed by atoms with Crippen LogP contribution in [0.5, 0.6) is 0 Å². The van der Waals surface area contributed by atoms with Crippen molar-refractivity contribution in [1.29, 1.82) is 0 Å². The molecule has 2 rings (SSSR count). The van der Waals surface area contributed by atoms with Crippen molar-refractivity contribution in [3.63, 3.8) is 0 Å². The maximum absolute atomic E-state index is 11.5. The highest BCUT2D eigenvalue weighted by atomic mass is 16.6. The molecule has 0 aromatic rings. The summed E-state index contributed by atoms with van der Waals surface area (Å²) in [5, 5.41) is 0. The van der Waals surface area contributed by atoms with Crippen molar-refractivity contribution in [2.24, 2.45) is 11.8 Å². The molecule has 1 aliphatic carbocycles. The summed E-state index contributed by atoms with van der Waals surface area (Å²) >= 11 is 0. The van der Waals surface area contributed by atoms with E-state index in [-0.39, 0.29) is 5.97 Å². The van der Waals surface area contributed by atoms with Gasteiger partial charge in [-0.15, -0.1) is 0 Å². The van der Waals surface area contributed by atoms with Gasteiger partial charge in [-0.1, -0.05) is 26.7 Å². The maximum Gasteiger partial charge on any atom is 0.305 e. The Morgan fingerprint density at radius 3 is 2.82 bits per heavy atom. The smallest absolute Gasteiger partial charge is 0.305 e. The number of rotatable bonds is 6. The Labute approximate surface area is 104 Å². The molecule has 98 valence electrons. The van der Waals surface area contributed by atoms with Crippen LogP contribution in [-0.4, -0.2) is 24.8 Å². The molecule has 1 heterocycles. The van der Waals surface area contributed by atoms with Crippen LogP contribution in [0.15, 0.2) is 0 Å². The molecule has 0 N–H and O–H groups in total. The summed E-state index contributed by atoms with van der Waals surface area (Å²) in [5.74, 6) is 1.11. The molecule has 4 atom stereocenters. The second-order valence-corrected chi connectivity index (χ2v) is 5.56. The molecular weight excluding hydrogens is 216 g/mol. The van der Waals surface area contributed by atoms with Crippen molar-refractivity contribution in [3.05, 3.63) is 0 Å². The van der Waals surface area contributed by atoms with Crippen LogP contribution in [0.4, 0.5) is 0 Å². The fourth-order valence-electron chi connectivity index (χ4n) is 2.71. The van der Waals surface area contributed by atoms with Crippen molar-refractivity contribution >= 4 is 5.97 Å². The molecule has 2 aliphatic rings. The van der Waals surface area contributed by atoms with Gasteiger partial charge in [0.2, 0.25) is 0 Å². The van der Waals surface area contributed by atoms with E-state index in [1.165, 1.54) is 0 Å². The first-order valence-electron chi connectivity index (χ1n) is 7.01. The molecule has 17 heavy (non-hydrogen) atoms. The normalized spacial score (nSPS) is 35.2. The van der Waals surface area contributed by atoms with Crippen LogP contribution in [0.1, 0.15) is 52.4 Å². The minimum absolute atomic E-state index is 0.0236. The second-order valence-electron chi connectivity index (χ2n) is 5.56. The molecular formula is C14H24O3. The van der Waals surface area contributed by atoms with Crippen LogP contribution in [0.2, 0.25) is 0 Å². The van der Waals surface area contributed by atoms with E-state index in [9.17, 15) is 4.79 Å². The van der Waals surface area contributed by atoms with Crippen molar-refractivity contribution < 1.29 is 14.3 Å². The summed E-state index contributed by atoms with van der Waals surface area (Å²) in [4.78, 5) is 11.5. The third-order valence-electron chi connectivity index (χ3n) is 4.07. The van der Waals surface area contributed by atoms with E-state index in [2.05, 4.69) is 13.8 Å².